The Labute approximate surface area is 320 Å². The van der Waals surface area contributed by atoms with E-state index in [1.807, 2.05) is 91.9 Å². The smallest absolute Gasteiger partial charge is 0.459 e. The van der Waals surface area contributed by atoms with E-state index in [1.54, 1.807) is 49.7 Å². The summed E-state index contributed by atoms with van der Waals surface area (Å²) in [5, 5.41) is 6.27. The van der Waals surface area contributed by atoms with Gasteiger partial charge in [-0.25, -0.2) is 9.36 Å². The molecule has 1 saturated heterocycles. The Morgan fingerprint density at radius 1 is 0.855 bits per heavy atom. The van der Waals surface area contributed by atoms with Gasteiger partial charge in [0.25, 0.3) is 0 Å². The summed E-state index contributed by atoms with van der Waals surface area (Å²) < 4.78 is 49.5. The van der Waals surface area contributed by atoms with Gasteiger partial charge in [-0.15, -0.1) is 0 Å². The Hall–Kier alpha value is -5.30. The summed E-state index contributed by atoms with van der Waals surface area (Å²) in [6.45, 7) is 3.15. The molecule has 1 fully saturated rings. The Bertz CT molecular complexity index is 2080. The maximum absolute atomic E-state index is 14.0. The number of rotatable bonds is 16. The van der Waals surface area contributed by atoms with Crippen LogP contribution in [0, 0.1) is 5.92 Å². The molecule has 4 aromatic carbocycles. The molecule has 55 heavy (non-hydrogen) atoms. The Morgan fingerprint density at radius 3 is 1.98 bits per heavy atom. The van der Waals surface area contributed by atoms with Gasteiger partial charge in [0.05, 0.1) is 26.9 Å². The van der Waals surface area contributed by atoms with Gasteiger partial charge in [-0.05, 0) is 53.9 Å². The van der Waals surface area contributed by atoms with Crippen molar-refractivity contribution in [2.45, 2.75) is 43.9 Å². The minimum atomic E-state index is -4.15. The Morgan fingerprint density at radius 2 is 1.44 bits per heavy atom. The molecule has 0 radical (unpaired) electrons. The van der Waals surface area contributed by atoms with E-state index < -0.39 is 49.4 Å². The highest BCUT2D eigenvalue weighted by Crippen LogP contribution is 2.47. The highest BCUT2D eigenvalue weighted by atomic mass is 31.2. The first-order valence-corrected chi connectivity index (χ1v) is 19.3. The number of esters is 1. The molecule has 2 unspecified atom stereocenters. The highest BCUT2D eigenvalue weighted by molar-refractivity contribution is 7.52. The summed E-state index contributed by atoms with van der Waals surface area (Å²) in [7, 11) is 0.230. The number of methoxy groups -OCH3 is 3. The van der Waals surface area contributed by atoms with E-state index in [9.17, 15) is 14.2 Å². The quantitative estimate of drug-likeness (QED) is 0.0637. The van der Waals surface area contributed by atoms with Crippen molar-refractivity contribution in [3.05, 3.63) is 155 Å². The van der Waals surface area contributed by atoms with E-state index in [1.165, 1.54) is 25.7 Å². The van der Waals surface area contributed by atoms with Gasteiger partial charge < -0.3 is 28.8 Å². The van der Waals surface area contributed by atoms with Crippen molar-refractivity contribution in [3.8, 4) is 11.5 Å². The van der Waals surface area contributed by atoms with Crippen LogP contribution in [-0.4, -0.2) is 61.7 Å². The van der Waals surface area contributed by atoms with Gasteiger partial charge in [-0.2, -0.15) is 10.1 Å². The molecular weight excluding hydrogens is 723 g/mol. The third kappa shape index (κ3) is 8.67. The summed E-state index contributed by atoms with van der Waals surface area (Å²) in [6.07, 6.45) is -0.576. The van der Waals surface area contributed by atoms with Crippen molar-refractivity contribution >= 4 is 19.5 Å². The lowest BCUT2D eigenvalue weighted by Gasteiger charge is -2.37. The van der Waals surface area contributed by atoms with Gasteiger partial charge in [-0.1, -0.05) is 97.9 Å². The maximum Gasteiger partial charge on any atom is 0.459 e. The number of nitrogens with one attached hydrogen (secondary N) is 2. The Kier molecular flexibility index (Phi) is 12.5. The second-order valence-corrected chi connectivity index (χ2v) is 14.7. The first-order chi connectivity index (χ1) is 26.6. The first kappa shape index (κ1) is 39.4. The number of hydrogen-bond acceptors (Lipinski definition) is 11. The standard InChI is InChI=1S/C41H45N4O9P/c1-28-35(27-52-55(48,44-29(2)39(46)51-5)54-34-19-13-8-14-20-34)53-38(37(28)50-4)45-26-25-36(42-40(45)47)43-41(30-15-9-6-10-16-30,31-17-11-7-12-18-31)32-21-23-33(49-3)24-22-32/h6-26,28-29,35,37-38H,27H2,1-5H3,(H,44,48)(H,42,43,47)/t28-,29-,35+,37?,38+,55?/m0/s1. The number of para-hydroxylation sites is 1. The van der Waals surface area contributed by atoms with Gasteiger partial charge in [0, 0.05) is 19.2 Å². The van der Waals surface area contributed by atoms with E-state index in [0.29, 0.717) is 11.6 Å². The number of carbonyl (C=O) groups is 1. The number of benzene rings is 4. The molecule has 2 N–H and O–H groups in total. The van der Waals surface area contributed by atoms with Crippen molar-refractivity contribution in [2.24, 2.45) is 5.92 Å². The number of ether oxygens (including phenoxy) is 4. The zero-order chi connectivity index (χ0) is 39.0. The number of hydrogen-bond donors (Lipinski definition) is 2. The molecule has 2 heterocycles. The van der Waals surface area contributed by atoms with Crippen LogP contribution in [0.25, 0.3) is 0 Å². The molecule has 6 atom stereocenters. The number of anilines is 1. The van der Waals surface area contributed by atoms with Crippen molar-refractivity contribution in [2.75, 3.05) is 33.3 Å². The fraction of sp³-hybridized carbons (Fsp3) is 0.293. The molecule has 0 amide bonds. The lowest BCUT2D eigenvalue weighted by atomic mass is 9.77. The molecule has 1 aliphatic heterocycles. The van der Waals surface area contributed by atoms with Crippen LogP contribution in [0.1, 0.15) is 36.8 Å². The highest BCUT2D eigenvalue weighted by Gasteiger charge is 2.46. The topological polar surface area (TPSA) is 148 Å². The molecule has 13 nitrogen and oxygen atoms in total. The average Bonchev–Trinajstić information content (AvgIpc) is 3.54. The first-order valence-electron chi connectivity index (χ1n) is 17.8. The minimum Gasteiger partial charge on any atom is -0.497 e. The minimum absolute atomic E-state index is 0.219. The van der Waals surface area contributed by atoms with Crippen molar-refractivity contribution in [1.29, 1.82) is 0 Å². The summed E-state index contributed by atoms with van der Waals surface area (Å²) in [5.41, 5.74) is 1.22. The lowest BCUT2D eigenvalue weighted by Crippen LogP contribution is -2.40. The fourth-order valence-corrected chi connectivity index (χ4v) is 8.25. The predicted octanol–water partition coefficient (Wildman–Crippen LogP) is 6.56. The van der Waals surface area contributed by atoms with Crippen molar-refractivity contribution < 1.29 is 37.4 Å². The number of nitrogens with zero attached hydrogens (tertiary/aromatic N) is 2. The second-order valence-electron chi connectivity index (χ2n) is 13.0. The zero-order valence-electron chi connectivity index (χ0n) is 31.2. The van der Waals surface area contributed by atoms with Crippen molar-refractivity contribution in [1.82, 2.24) is 14.6 Å². The van der Waals surface area contributed by atoms with E-state index in [4.69, 9.17) is 28.0 Å². The molecule has 5 aromatic rings. The molecular formula is C41H45N4O9P. The molecule has 0 aliphatic carbocycles. The largest absolute Gasteiger partial charge is 0.497 e. The zero-order valence-corrected chi connectivity index (χ0v) is 32.1. The van der Waals surface area contributed by atoms with Gasteiger partial charge >= 0.3 is 19.4 Å². The second kappa shape index (κ2) is 17.4. The van der Waals surface area contributed by atoms with Gasteiger partial charge in [0.1, 0.15) is 35.0 Å². The molecule has 288 valence electrons. The SMILES string of the molecule is COC(=O)[C@H](C)NP(=O)(OC[C@H]1O[C@@H](n2ccc(NC(c3ccccc3)(c3ccccc3)c3ccc(OC)cc3)nc2=O)C(OC)[C@H]1C)Oc1ccccc1. The van der Waals surface area contributed by atoms with Gasteiger partial charge in [0.15, 0.2) is 6.23 Å². The maximum atomic E-state index is 14.0. The van der Waals surface area contributed by atoms with Gasteiger partial charge in [-0.3, -0.25) is 13.9 Å². The molecule has 0 spiro atoms. The Balaban J connectivity index is 1.28. The normalized spacial score (nSPS) is 19.9. The summed E-state index contributed by atoms with van der Waals surface area (Å²) in [5.74, 6) is 0.325. The van der Waals surface area contributed by atoms with E-state index >= 15 is 0 Å². The molecule has 1 aromatic heterocycles. The third-order valence-corrected chi connectivity index (χ3v) is 11.3. The monoisotopic (exact) mass is 768 g/mol. The van der Waals surface area contributed by atoms with Crippen LogP contribution in [0.3, 0.4) is 0 Å². The summed E-state index contributed by atoms with van der Waals surface area (Å²) in [6, 6.07) is 36.8. The molecule has 14 heteroatoms. The van der Waals surface area contributed by atoms with Crippen LogP contribution < -0.4 is 25.4 Å². The molecule has 1 aliphatic rings. The molecule has 0 bridgehead atoms. The van der Waals surface area contributed by atoms with Crippen LogP contribution in [0.4, 0.5) is 5.82 Å². The van der Waals surface area contributed by atoms with Crippen LogP contribution in [0.2, 0.25) is 0 Å². The van der Waals surface area contributed by atoms with Crippen LogP contribution in [0.15, 0.2) is 132 Å². The fourth-order valence-electron chi connectivity index (χ4n) is 6.75. The third-order valence-electron chi connectivity index (χ3n) is 9.61. The van der Waals surface area contributed by atoms with Crippen molar-refractivity contribution in [3.63, 3.8) is 0 Å². The predicted molar refractivity (Wildman–Crippen MR) is 207 cm³/mol. The van der Waals surface area contributed by atoms with Crippen LogP contribution in [-0.2, 0) is 33.6 Å². The molecule has 0 saturated carbocycles. The van der Waals surface area contributed by atoms with Crippen LogP contribution in [0.5, 0.6) is 11.5 Å². The number of carbonyl (C=O) groups excluding carboxylic acids is 1. The molecule has 6 rings (SSSR count). The summed E-state index contributed by atoms with van der Waals surface area (Å²) >= 11 is 0. The van der Waals surface area contributed by atoms with Crippen LogP contribution >= 0.6 is 7.75 Å². The van der Waals surface area contributed by atoms with Gasteiger partial charge in [0.2, 0.25) is 0 Å². The average molecular weight is 769 g/mol. The van der Waals surface area contributed by atoms with E-state index in [-0.39, 0.29) is 18.3 Å². The van der Waals surface area contributed by atoms with E-state index in [2.05, 4.69) is 15.4 Å². The lowest BCUT2D eigenvalue weighted by molar-refractivity contribution is -0.142. The summed E-state index contributed by atoms with van der Waals surface area (Å²) in [4.78, 5) is 30.6. The number of aromatic nitrogens is 2. The van der Waals surface area contributed by atoms with E-state index in [0.717, 1.165) is 16.7 Å².